The summed E-state index contributed by atoms with van der Waals surface area (Å²) in [6.45, 7) is 9.06. The molecule has 114 valence electrons. The van der Waals surface area contributed by atoms with Crippen LogP contribution in [0.1, 0.15) is 84.3 Å². The van der Waals surface area contributed by atoms with Crippen molar-refractivity contribution >= 4 is 24.9 Å². The molecule has 2 radical (unpaired) electrons. The minimum atomic E-state index is -0.636. The Labute approximate surface area is 136 Å². The Morgan fingerprint density at radius 1 is 0.900 bits per heavy atom. The summed E-state index contributed by atoms with van der Waals surface area (Å²) in [4.78, 5) is 0. The van der Waals surface area contributed by atoms with E-state index in [9.17, 15) is 0 Å². The SMILES string of the molecule is CCCC[C](CCCC)(CCCC)[Sn][c]1ccc(C)o1. The van der Waals surface area contributed by atoms with Crippen LogP contribution in [-0.4, -0.2) is 21.1 Å². The molecule has 0 N–H and O–H groups in total. The van der Waals surface area contributed by atoms with Gasteiger partial charge in [0.15, 0.2) is 0 Å². The van der Waals surface area contributed by atoms with E-state index in [-0.39, 0.29) is 0 Å². The zero-order valence-corrected chi connectivity index (χ0v) is 16.8. The van der Waals surface area contributed by atoms with Gasteiger partial charge in [0.1, 0.15) is 0 Å². The molecule has 0 spiro atoms. The van der Waals surface area contributed by atoms with Crippen molar-refractivity contribution in [2.24, 2.45) is 0 Å². The fourth-order valence-electron chi connectivity index (χ4n) is 2.87. The van der Waals surface area contributed by atoms with Crippen LogP contribution < -0.4 is 3.78 Å². The van der Waals surface area contributed by atoms with Gasteiger partial charge < -0.3 is 0 Å². The van der Waals surface area contributed by atoms with E-state index >= 15 is 0 Å². The van der Waals surface area contributed by atoms with Crippen molar-refractivity contribution in [3.05, 3.63) is 17.9 Å². The number of aryl methyl sites for hydroxylation is 1. The number of hydrogen-bond acceptors (Lipinski definition) is 1. The van der Waals surface area contributed by atoms with Crippen LogP contribution in [0, 0.1) is 6.92 Å². The van der Waals surface area contributed by atoms with Crippen molar-refractivity contribution in [2.45, 2.75) is 88.9 Å². The quantitative estimate of drug-likeness (QED) is 0.451. The summed E-state index contributed by atoms with van der Waals surface area (Å²) in [6.07, 6.45) is 12.5. The van der Waals surface area contributed by atoms with Crippen molar-refractivity contribution < 1.29 is 4.42 Å². The van der Waals surface area contributed by atoms with E-state index in [1.165, 1.54) is 61.6 Å². The summed E-state index contributed by atoms with van der Waals surface area (Å²) in [5.41, 5.74) is 0. The summed E-state index contributed by atoms with van der Waals surface area (Å²) in [7, 11) is 0. The van der Waals surface area contributed by atoms with Crippen molar-refractivity contribution in [3.8, 4) is 0 Å². The molecule has 0 atom stereocenters. The molecule has 0 aromatic carbocycles. The van der Waals surface area contributed by atoms with Crippen molar-refractivity contribution in [1.82, 2.24) is 0 Å². The number of furan rings is 1. The topological polar surface area (TPSA) is 13.1 Å². The van der Waals surface area contributed by atoms with Crippen LogP contribution in [0.5, 0.6) is 0 Å². The second-order valence-corrected chi connectivity index (χ2v) is 11.3. The third-order valence-corrected chi connectivity index (χ3v) is 9.28. The van der Waals surface area contributed by atoms with Crippen molar-refractivity contribution in [3.63, 3.8) is 0 Å². The average molecular weight is 383 g/mol. The molecule has 1 nitrogen and oxygen atoms in total. The summed E-state index contributed by atoms with van der Waals surface area (Å²) in [6, 6.07) is 4.42. The maximum absolute atomic E-state index is 5.95. The Hall–Kier alpha value is 0.0787. The predicted octanol–water partition coefficient (Wildman–Crippen LogP) is 5.65. The van der Waals surface area contributed by atoms with Gasteiger partial charge in [-0.2, -0.15) is 0 Å². The molecule has 0 saturated heterocycles. The van der Waals surface area contributed by atoms with Crippen molar-refractivity contribution in [2.75, 3.05) is 0 Å². The molecule has 0 saturated carbocycles. The summed E-state index contributed by atoms with van der Waals surface area (Å²) in [5.74, 6) is 1.09. The Balaban J connectivity index is 2.80. The molecule has 1 aromatic heterocycles. The first-order valence-electron chi connectivity index (χ1n) is 8.50. The molecule has 2 heteroatoms. The van der Waals surface area contributed by atoms with Gasteiger partial charge in [-0.25, -0.2) is 0 Å². The number of hydrogen-bond donors (Lipinski definition) is 0. The normalized spacial score (nSPS) is 12.0. The van der Waals surface area contributed by atoms with E-state index in [2.05, 4.69) is 39.8 Å². The standard InChI is InChI=1S/C13H27.C5H5O.Sn/c1-4-7-10-13(11-8-5-2)12-9-6-3;1-5-3-2-4-6-5;/h4-12H2,1-3H3;2-3H,1H3;. The Kier molecular flexibility index (Phi) is 8.99. The molecule has 0 aliphatic heterocycles. The summed E-state index contributed by atoms with van der Waals surface area (Å²) < 4.78 is 7.97. The van der Waals surface area contributed by atoms with E-state index in [0.717, 1.165) is 5.76 Å². The van der Waals surface area contributed by atoms with Gasteiger partial charge in [-0.15, -0.1) is 0 Å². The average Bonchev–Trinajstić information content (AvgIpc) is 2.85. The fourth-order valence-corrected chi connectivity index (χ4v) is 8.03. The molecule has 0 unspecified atom stereocenters. The molecular weight excluding hydrogens is 351 g/mol. The van der Waals surface area contributed by atoms with Gasteiger partial charge in [-0.3, -0.25) is 0 Å². The van der Waals surface area contributed by atoms with Crippen LogP contribution in [-0.2, 0) is 0 Å². The number of unbranched alkanes of at least 4 members (excludes halogenated alkanes) is 3. The molecular formula is C18H32OSn. The summed E-state index contributed by atoms with van der Waals surface area (Å²) >= 11 is -0.636. The molecule has 20 heavy (non-hydrogen) atoms. The molecule has 0 aliphatic rings. The molecule has 1 heterocycles. The first-order valence-corrected chi connectivity index (χ1v) is 11.4. The Morgan fingerprint density at radius 3 is 1.75 bits per heavy atom. The molecule has 0 amide bonds. The first-order chi connectivity index (χ1) is 9.65. The molecule has 1 aromatic rings. The predicted molar refractivity (Wildman–Crippen MR) is 90.1 cm³/mol. The maximum atomic E-state index is 5.95. The van der Waals surface area contributed by atoms with Gasteiger partial charge in [-0.1, -0.05) is 0 Å². The monoisotopic (exact) mass is 384 g/mol. The second-order valence-electron chi connectivity index (χ2n) is 6.13. The zero-order chi connectivity index (χ0) is 14.8. The van der Waals surface area contributed by atoms with Gasteiger partial charge in [0.25, 0.3) is 0 Å². The second kappa shape index (κ2) is 9.91. The summed E-state index contributed by atoms with van der Waals surface area (Å²) in [5, 5.41) is 0. The number of rotatable bonds is 11. The van der Waals surface area contributed by atoms with E-state index in [1.807, 2.05) is 0 Å². The van der Waals surface area contributed by atoms with Crippen LogP contribution in [0.3, 0.4) is 0 Å². The van der Waals surface area contributed by atoms with E-state index < -0.39 is 21.1 Å². The van der Waals surface area contributed by atoms with E-state index in [0.29, 0.717) is 3.43 Å². The van der Waals surface area contributed by atoms with Gasteiger partial charge in [-0.05, 0) is 0 Å². The molecule has 0 bridgehead atoms. The van der Waals surface area contributed by atoms with Crippen molar-refractivity contribution in [1.29, 1.82) is 0 Å². The van der Waals surface area contributed by atoms with Crippen LogP contribution in [0.25, 0.3) is 0 Å². The molecule has 0 fully saturated rings. The van der Waals surface area contributed by atoms with Gasteiger partial charge in [0, 0.05) is 0 Å². The third kappa shape index (κ3) is 6.24. The Bertz CT molecular complexity index is 334. The van der Waals surface area contributed by atoms with Crippen LogP contribution >= 0.6 is 0 Å². The first kappa shape index (κ1) is 18.1. The van der Waals surface area contributed by atoms with Gasteiger partial charge in [0.2, 0.25) is 0 Å². The van der Waals surface area contributed by atoms with Crippen LogP contribution in [0.2, 0.25) is 3.43 Å². The molecule has 1 rings (SSSR count). The van der Waals surface area contributed by atoms with Crippen LogP contribution in [0.4, 0.5) is 0 Å². The van der Waals surface area contributed by atoms with Crippen LogP contribution in [0.15, 0.2) is 16.5 Å². The van der Waals surface area contributed by atoms with E-state index in [4.69, 9.17) is 4.42 Å². The fraction of sp³-hybridized carbons (Fsp3) is 0.778. The molecule has 0 aliphatic carbocycles. The van der Waals surface area contributed by atoms with E-state index in [1.54, 1.807) is 0 Å². The van der Waals surface area contributed by atoms with Gasteiger partial charge in [0.05, 0.1) is 0 Å². The zero-order valence-electron chi connectivity index (χ0n) is 13.9. The minimum absolute atomic E-state index is 0.636. The van der Waals surface area contributed by atoms with Gasteiger partial charge >= 0.3 is 136 Å². The third-order valence-electron chi connectivity index (χ3n) is 4.16. The Morgan fingerprint density at radius 2 is 1.40 bits per heavy atom.